The molecule has 13 heavy (non-hydrogen) atoms. The molecule has 3 rings (SSSR count). The van der Waals surface area contributed by atoms with Gasteiger partial charge in [-0.25, -0.2) is 0 Å². The molecule has 3 aliphatic carbocycles. The first-order chi connectivity index (χ1) is 6.36. The fraction of sp³-hybridized carbons (Fsp3) is 1.00. The Balaban J connectivity index is 1.76. The molecule has 3 saturated carbocycles. The second-order valence-electron chi connectivity index (χ2n) is 5.71. The van der Waals surface area contributed by atoms with E-state index in [0.29, 0.717) is 0 Å². The Labute approximate surface area is 82.1 Å². The van der Waals surface area contributed by atoms with Crippen molar-refractivity contribution in [2.75, 3.05) is 0 Å². The molecular weight excluding hydrogens is 156 g/mol. The van der Waals surface area contributed by atoms with Crippen molar-refractivity contribution in [3.63, 3.8) is 0 Å². The molecular formula is C13H22. The van der Waals surface area contributed by atoms with Gasteiger partial charge in [-0.3, -0.25) is 0 Å². The third-order valence-electron chi connectivity index (χ3n) is 5.35. The van der Waals surface area contributed by atoms with E-state index in [2.05, 4.69) is 6.92 Å². The van der Waals surface area contributed by atoms with Gasteiger partial charge >= 0.3 is 0 Å². The average molecular weight is 178 g/mol. The van der Waals surface area contributed by atoms with E-state index in [1.165, 1.54) is 18.8 Å². The number of fused-ring (bicyclic) bond motifs is 1. The van der Waals surface area contributed by atoms with Crippen molar-refractivity contribution in [3.05, 3.63) is 0 Å². The summed E-state index contributed by atoms with van der Waals surface area (Å²) in [4.78, 5) is 0. The maximum atomic E-state index is 2.37. The van der Waals surface area contributed by atoms with Crippen molar-refractivity contribution >= 4 is 0 Å². The van der Waals surface area contributed by atoms with Crippen LogP contribution >= 0.6 is 0 Å². The van der Waals surface area contributed by atoms with Crippen molar-refractivity contribution in [1.82, 2.24) is 0 Å². The van der Waals surface area contributed by atoms with E-state index >= 15 is 0 Å². The lowest BCUT2D eigenvalue weighted by molar-refractivity contribution is 0.282. The first-order valence-electron chi connectivity index (χ1n) is 6.36. The van der Waals surface area contributed by atoms with Gasteiger partial charge in [-0.1, -0.05) is 32.6 Å². The van der Waals surface area contributed by atoms with Crippen LogP contribution in [0.1, 0.15) is 64.7 Å². The summed E-state index contributed by atoms with van der Waals surface area (Å²) < 4.78 is 0. The molecule has 0 saturated heterocycles. The molecule has 0 radical (unpaired) electrons. The molecule has 0 aromatic heterocycles. The molecule has 0 bridgehead atoms. The lowest BCUT2D eigenvalue weighted by Gasteiger charge is -2.23. The number of rotatable bonds is 2. The minimum Gasteiger partial charge on any atom is -0.0654 e. The first-order valence-corrected chi connectivity index (χ1v) is 6.36. The van der Waals surface area contributed by atoms with Crippen molar-refractivity contribution in [1.29, 1.82) is 0 Å². The molecule has 3 aliphatic rings. The summed E-state index contributed by atoms with van der Waals surface area (Å²) in [5.74, 6) is 1.17. The summed E-state index contributed by atoms with van der Waals surface area (Å²) in [6, 6.07) is 0. The SMILES string of the molecule is CCCC1C2(CCCCC2)C12CC2. The zero-order valence-electron chi connectivity index (χ0n) is 8.94. The van der Waals surface area contributed by atoms with E-state index in [1.807, 2.05) is 0 Å². The van der Waals surface area contributed by atoms with Crippen LogP contribution in [-0.4, -0.2) is 0 Å². The summed E-state index contributed by atoms with van der Waals surface area (Å²) in [5, 5.41) is 0. The van der Waals surface area contributed by atoms with E-state index in [4.69, 9.17) is 0 Å². The van der Waals surface area contributed by atoms with Gasteiger partial charge in [-0.05, 0) is 48.9 Å². The van der Waals surface area contributed by atoms with Gasteiger partial charge in [0.25, 0.3) is 0 Å². The highest BCUT2D eigenvalue weighted by molar-refractivity contribution is 5.28. The second kappa shape index (κ2) is 2.52. The van der Waals surface area contributed by atoms with E-state index in [1.54, 1.807) is 44.9 Å². The van der Waals surface area contributed by atoms with Crippen LogP contribution in [0.3, 0.4) is 0 Å². The summed E-state index contributed by atoms with van der Waals surface area (Å²) in [7, 11) is 0. The Bertz CT molecular complexity index is 206. The highest BCUT2D eigenvalue weighted by Gasteiger charge is 2.79. The van der Waals surface area contributed by atoms with Gasteiger partial charge in [-0.2, -0.15) is 0 Å². The minimum absolute atomic E-state index is 0.904. The fourth-order valence-electron chi connectivity index (χ4n) is 4.69. The van der Waals surface area contributed by atoms with Gasteiger partial charge in [0.1, 0.15) is 0 Å². The standard InChI is InChI=1S/C13H22/c1-2-6-11-12(13(11)9-10-13)7-4-3-5-8-12/h11H,2-10H2,1H3. The third kappa shape index (κ3) is 0.877. The molecule has 0 aliphatic heterocycles. The summed E-state index contributed by atoms with van der Waals surface area (Å²) in [6.45, 7) is 2.37. The van der Waals surface area contributed by atoms with Gasteiger partial charge in [0.05, 0.1) is 0 Å². The summed E-state index contributed by atoms with van der Waals surface area (Å²) in [6.07, 6.45) is 14.0. The van der Waals surface area contributed by atoms with Crippen LogP contribution in [0.25, 0.3) is 0 Å². The normalized spacial score (nSPS) is 38.1. The smallest absolute Gasteiger partial charge is 0.0204 e. The number of hydrogen-bond acceptors (Lipinski definition) is 0. The highest BCUT2D eigenvalue weighted by atomic mass is 14.8. The van der Waals surface area contributed by atoms with Crippen molar-refractivity contribution in [2.24, 2.45) is 16.7 Å². The van der Waals surface area contributed by atoms with Crippen molar-refractivity contribution in [2.45, 2.75) is 64.7 Å². The predicted molar refractivity (Wildman–Crippen MR) is 55.6 cm³/mol. The molecule has 0 aromatic carbocycles. The monoisotopic (exact) mass is 178 g/mol. The molecule has 1 atom stereocenters. The van der Waals surface area contributed by atoms with E-state index in [-0.39, 0.29) is 0 Å². The number of hydrogen-bond donors (Lipinski definition) is 0. The molecule has 1 unspecified atom stereocenters. The largest absolute Gasteiger partial charge is 0.0654 e. The Kier molecular flexibility index (Phi) is 1.61. The van der Waals surface area contributed by atoms with Crippen LogP contribution < -0.4 is 0 Å². The third-order valence-corrected chi connectivity index (χ3v) is 5.35. The van der Waals surface area contributed by atoms with Crippen LogP contribution in [-0.2, 0) is 0 Å². The average Bonchev–Trinajstić information content (AvgIpc) is 3.03. The van der Waals surface area contributed by atoms with Crippen molar-refractivity contribution in [3.8, 4) is 0 Å². The van der Waals surface area contributed by atoms with Crippen LogP contribution in [0.5, 0.6) is 0 Å². The molecule has 0 aromatic rings. The first kappa shape index (κ1) is 8.32. The fourth-order valence-corrected chi connectivity index (χ4v) is 4.69. The molecule has 0 N–H and O–H groups in total. The molecule has 74 valence electrons. The van der Waals surface area contributed by atoms with E-state index in [0.717, 1.165) is 10.8 Å². The molecule has 3 fully saturated rings. The lowest BCUT2D eigenvalue weighted by atomic mass is 9.82. The maximum absolute atomic E-state index is 2.37. The molecule has 0 nitrogen and oxygen atoms in total. The zero-order valence-corrected chi connectivity index (χ0v) is 8.94. The predicted octanol–water partition coefficient (Wildman–Crippen LogP) is 4.15. The molecule has 0 heterocycles. The Morgan fingerprint density at radius 1 is 0.923 bits per heavy atom. The maximum Gasteiger partial charge on any atom is -0.0204 e. The zero-order chi connectivity index (χ0) is 8.94. The minimum atomic E-state index is 0.904. The summed E-state index contributed by atoms with van der Waals surface area (Å²) in [5.41, 5.74) is 1.84. The highest BCUT2D eigenvalue weighted by Crippen LogP contribution is 2.87. The Morgan fingerprint density at radius 3 is 2.08 bits per heavy atom. The summed E-state index contributed by atoms with van der Waals surface area (Å²) >= 11 is 0. The van der Waals surface area contributed by atoms with Crippen LogP contribution in [0, 0.1) is 16.7 Å². The second-order valence-corrected chi connectivity index (χ2v) is 5.71. The van der Waals surface area contributed by atoms with Crippen LogP contribution in [0.2, 0.25) is 0 Å². The van der Waals surface area contributed by atoms with Gasteiger partial charge in [-0.15, -0.1) is 0 Å². The van der Waals surface area contributed by atoms with Gasteiger partial charge < -0.3 is 0 Å². The van der Waals surface area contributed by atoms with Gasteiger partial charge in [0.2, 0.25) is 0 Å². The van der Waals surface area contributed by atoms with E-state index < -0.39 is 0 Å². The van der Waals surface area contributed by atoms with Crippen LogP contribution in [0.15, 0.2) is 0 Å². The quantitative estimate of drug-likeness (QED) is 0.596. The topological polar surface area (TPSA) is 0 Å². The van der Waals surface area contributed by atoms with Crippen LogP contribution in [0.4, 0.5) is 0 Å². The molecule has 0 heteroatoms. The van der Waals surface area contributed by atoms with E-state index in [9.17, 15) is 0 Å². The Hall–Kier alpha value is 0. The Morgan fingerprint density at radius 2 is 1.54 bits per heavy atom. The van der Waals surface area contributed by atoms with Gasteiger partial charge in [0.15, 0.2) is 0 Å². The van der Waals surface area contributed by atoms with Crippen molar-refractivity contribution < 1.29 is 0 Å². The molecule has 2 spiro atoms. The lowest BCUT2D eigenvalue weighted by Crippen LogP contribution is -2.11. The van der Waals surface area contributed by atoms with Gasteiger partial charge in [0, 0.05) is 0 Å². The molecule has 0 amide bonds.